The second kappa shape index (κ2) is 7.26. The molecule has 1 heterocycles. The molecule has 21 heavy (non-hydrogen) atoms. The number of thiophene rings is 1. The van der Waals surface area contributed by atoms with E-state index in [4.69, 9.17) is 15.2 Å². The van der Waals surface area contributed by atoms with Crippen molar-refractivity contribution in [3.05, 3.63) is 44.6 Å². The number of ether oxygens (including phenoxy) is 2. The number of aliphatic hydroxyl groups is 1. The van der Waals surface area contributed by atoms with E-state index in [2.05, 4.69) is 15.9 Å². The zero-order valence-electron chi connectivity index (χ0n) is 11.9. The van der Waals surface area contributed by atoms with Gasteiger partial charge in [-0.3, -0.25) is 0 Å². The maximum absolute atomic E-state index is 9.18. The average molecular weight is 372 g/mol. The molecule has 0 saturated heterocycles. The Balaban J connectivity index is 2.29. The summed E-state index contributed by atoms with van der Waals surface area (Å²) in [7, 11) is 1.58. The molecule has 6 heteroatoms. The average Bonchev–Trinajstić information content (AvgIpc) is 2.90. The van der Waals surface area contributed by atoms with E-state index in [9.17, 15) is 5.11 Å². The SMILES string of the molecule is COc1cc(CO)ccc1OC(c1ccc(Br)s1)C(C)N. The van der Waals surface area contributed by atoms with Crippen LogP contribution >= 0.6 is 27.3 Å². The standard InChI is InChI=1S/C15H18BrNO3S/c1-9(17)15(13-5-6-14(16)21-13)20-11-4-3-10(8-18)7-12(11)19-2/h3-7,9,15,18H,8,17H2,1-2H3. The van der Waals surface area contributed by atoms with Crippen LogP contribution in [0.15, 0.2) is 34.1 Å². The van der Waals surface area contributed by atoms with Crippen molar-refractivity contribution < 1.29 is 14.6 Å². The Kier molecular flexibility index (Phi) is 5.64. The molecule has 2 atom stereocenters. The quantitative estimate of drug-likeness (QED) is 0.815. The van der Waals surface area contributed by atoms with Gasteiger partial charge in [0.25, 0.3) is 0 Å². The topological polar surface area (TPSA) is 64.7 Å². The summed E-state index contributed by atoms with van der Waals surface area (Å²) in [5, 5.41) is 9.18. The highest BCUT2D eigenvalue weighted by molar-refractivity contribution is 9.11. The van der Waals surface area contributed by atoms with Crippen molar-refractivity contribution in [1.29, 1.82) is 0 Å². The van der Waals surface area contributed by atoms with Gasteiger partial charge in [-0.25, -0.2) is 0 Å². The molecule has 1 aromatic carbocycles. The molecule has 0 saturated carbocycles. The van der Waals surface area contributed by atoms with Crippen LogP contribution in [0.25, 0.3) is 0 Å². The minimum atomic E-state index is -0.254. The summed E-state index contributed by atoms with van der Waals surface area (Å²) in [6.45, 7) is 1.87. The van der Waals surface area contributed by atoms with Gasteiger partial charge >= 0.3 is 0 Å². The first-order chi connectivity index (χ1) is 10.0. The Morgan fingerprint density at radius 1 is 1.29 bits per heavy atom. The van der Waals surface area contributed by atoms with E-state index < -0.39 is 0 Å². The fourth-order valence-corrected chi connectivity index (χ4v) is 3.52. The highest BCUT2D eigenvalue weighted by atomic mass is 79.9. The number of benzene rings is 1. The number of hydrogen-bond acceptors (Lipinski definition) is 5. The molecule has 3 N–H and O–H groups in total. The van der Waals surface area contributed by atoms with Crippen LogP contribution in [0, 0.1) is 0 Å². The molecule has 0 spiro atoms. The highest BCUT2D eigenvalue weighted by Gasteiger charge is 2.22. The molecular weight excluding hydrogens is 354 g/mol. The fourth-order valence-electron chi connectivity index (χ4n) is 1.95. The zero-order chi connectivity index (χ0) is 15.4. The second-order valence-corrected chi connectivity index (χ2v) is 7.18. The van der Waals surface area contributed by atoms with Crippen molar-refractivity contribution in [2.24, 2.45) is 5.73 Å². The molecule has 2 aromatic rings. The summed E-state index contributed by atoms with van der Waals surface area (Å²) in [6, 6.07) is 9.17. The number of methoxy groups -OCH3 is 1. The molecule has 0 amide bonds. The van der Waals surface area contributed by atoms with E-state index in [0.29, 0.717) is 11.5 Å². The fraction of sp³-hybridized carbons (Fsp3) is 0.333. The molecule has 114 valence electrons. The van der Waals surface area contributed by atoms with Crippen LogP contribution in [0.2, 0.25) is 0 Å². The summed E-state index contributed by atoms with van der Waals surface area (Å²) < 4.78 is 12.4. The first-order valence-electron chi connectivity index (χ1n) is 6.50. The first-order valence-corrected chi connectivity index (χ1v) is 8.11. The van der Waals surface area contributed by atoms with Gasteiger partial charge in [0.05, 0.1) is 17.5 Å². The molecule has 0 aliphatic carbocycles. The van der Waals surface area contributed by atoms with Crippen LogP contribution < -0.4 is 15.2 Å². The predicted molar refractivity (Wildman–Crippen MR) is 88.0 cm³/mol. The van der Waals surface area contributed by atoms with Crippen LogP contribution in [0.5, 0.6) is 11.5 Å². The maximum Gasteiger partial charge on any atom is 0.162 e. The molecule has 2 rings (SSSR count). The molecule has 4 nitrogen and oxygen atoms in total. The van der Waals surface area contributed by atoms with Crippen molar-refractivity contribution in [1.82, 2.24) is 0 Å². The van der Waals surface area contributed by atoms with Gasteiger partial charge in [-0.1, -0.05) is 6.07 Å². The zero-order valence-corrected chi connectivity index (χ0v) is 14.3. The lowest BCUT2D eigenvalue weighted by Gasteiger charge is -2.22. The van der Waals surface area contributed by atoms with Crippen molar-refractivity contribution in [3.8, 4) is 11.5 Å². The molecule has 0 aliphatic rings. The lowest BCUT2D eigenvalue weighted by Crippen LogP contribution is -2.28. The van der Waals surface area contributed by atoms with Crippen molar-refractivity contribution in [3.63, 3.8) is 0 Å². The van der Waals surface area contributed by atoms with Crippen LogP contribution in [-0.4, -0.2) is 18.3 Å². The van der Waals surface area contributed by atoms with E-state index in [1.165, 1.54) is 0 Å². The number of nitrogens with two attached hydrogens (primary N) is 1. The van der Waals surface area contributed by atoms with Crippen molar-refractivity contribution in [2.45, 2.75) is 25.7 Å². The van der Waals surface area contributed by atoms with Gasteiger partial charge in [0.2, 0.25) is 0 Å². The van der Waals surface area contributed by atoms with Gasteiger partial charge in [-0.15, -0.1) is 11.3 Å². The smallest absolute Gasteiger partial charge is 0.162 e. The van der Waals surface area contributed by atoms with Crippen LogP contribution in [0.4, 0.5) is 0 Å². The number of aliphatic hydroxyl groups excluding tert-OH is 1. The van der Waals surface area contributed by atoms with Gasteiger partial charge in [0.15, 0.2) is 11.5 Å². The maximum atomic E-state index is 9.18. The van der Waals surface area contributed by atoms with E-state index >= 15 is 0 Å². The normalized spacial score (nSPS) is 13.8. The Morgan fingerprint density at radius 3 is 2.57 bits per heavy atom. The molecule has 0 radical (unpaired) electrons. The first kappa shape index (κ1) is 16.3. The van der Waals surface area contributed by atoms with Crippen LogP contribution in [0.1, 0.15) is 23.5 Å². The van der Waals surface area contributed by atoms with Crippen LogP contribution in [0.3, 0.4) is 0 Å². The van der Waals surface area contributed by atoms with Crippen LogP contribution in [-0.2, 0) is 6.61 Å². The minimum Gasteiger partial charge on any atom is -0.493 e. The third-order valence-corrected chi connectivity index (χ3v) is 4.70. The number of halogens is 1. The van der Waals surface area contributed by atoms with Gasteiger partial charge in [0.1, 0.15) is 6.10 Å². The Labute approximate surface area is 136 Å². The van der Waals surface area contributed by atoms with E-state index in [1.807, 2.05) is 19.1 Å². The summed E-state index contributed by atoms with van der Waals surface area (Å²) in [4.78, 5) is 1.05. The lowest BCUT2D eigenvalue weighted by atomic mass is 10.1. The Hall–Kier alpha value is -1.08. The third-order valence-electron chi connectivity index (χ3n) is 3.02. The second-order valence-electron chi connectivity index (χ2n) is 4.68. The van der Waals surface area contributed by atoms with E-state index in [1.54, 1.807) is 36.6 Å². The molecule has 1 aromatic heterocycles. The largest absolute Gasteiger partial charge is 0.493 e. The number of rotatable bonds is 6. The minimum absolute atomic E-state index is 0.0365. The van der Waals surface area contributed by atoms with Gasteiger partial charge in [0, 0.05) is 10.9 Å². The van der Waals surface area contributed by atoms with Crippen molar-refractivity contribution in [2.75, 3.05) is 7.11 Å². The summed E-state index contributed by atoms with van der Waals surface area (Å²) in [5.41, 5.74) is 6.83. The molecule has 0 bridgehead atoms. The van der Waals surface area contributed by atoms with Gasteiger partial charge in [-0.2, -0.15) is 0 Å². The summed E-state index contributed by atoms with van der Waals surface area (Å²) in [5.74, 6) is 1.20. The summed E-state index contributed by atoms with van der Waals surface area (Å²) in [6.07, 6.45) is -0.254. The van der Waals surface area contributed by atoms with Crippen molar-refractivity contribution >= 4 is 27.3 Å². The molecule has 0 aliphatic heterocycles. The van der Waals surface area contributed by atoms with Gasteiger partial charge in [-0.05, 0) is 52.7 Å². The highest BCUT2D eigenvalue weighted by Crippen LogP contribution is 2.36. The third kappa shape index (κ3) is 3.97. The Bertz CT molecular complexity index is 600. The number of hydrogen-bond donors (Lipinski definition) is 2. The van der Waals surface area contributed by atoms with Gasteiger partial charge < -0.3 is 20.3 Å². The lowest BCUT2D eigenvalue weighted by molar-refractivity contribution is 0.176. The molecular formula is C15H18BrNO3S. The predicted octanol–water partition coefficient (Wildman–Crippen LogP) is 3.48. The molecule has 2 unspecified atom stereocenters. The molecule has 0 fully saturated rings. The van der Waals surface area contributed by atoms with E-state index in [-0.39, 0.29) is 18.8 Å². The van der Waals surface area contributed by atoms with E-state index in [0.717, 1.165) is 14.2 Å². The summed E-state index contributed by atoms with van der Waals surface area (Å²) >= 11 is 5.05. The Morgan fingerprint density at radius 2 is 2.05 bits per heavy atom. The monoisotopic (exact) mass is 371 g/mol.